The SMILES string of the molecule is Cc1ccc2cc(C(=O)Nc3cccc(CSC4CCOCC4)c3)c(C)nc2c1. The van der Waals surface area contributed by atoms with E-state index in [2.05, 4.69) is 22.4 Å². The lowest BCUT2D eigenvalue weighted by Crippen LogP contribution is -2.17. The number of hydrogen-bond donors (Lipinski definition) is 1. The van der Waals surface area contributed by atoms with E-state index in [9.17, 15) is 4.79 Å². The number of thioether (sulfide) groups is 1. The molecule has 4 rings (SSSR count). The smallest absolute Gasteiger partial charge is 0.257 e. The highest BCUT2D eigenvalue weighted by Crippen LogP contribution is 2.27. The number of nitrogens with one attached hydrogen (secondary N) is 1. The van der Waals surface area contributed by atoms with Crippen molar-refractivity contribution in [2.75, 3.05) is 18.5 Å². The third-order valence-corrected chi connectivity index (χ3v) is 6.69. The molecule has 0 aliphatic carbocycles. The molecule has 29 heavy (non-hydrogen) atoms. The molecule has 150 valence electrons. The zero-order chi connectivity index (χ0) is 20.2. The van der Waals surface area contributed by atoms with Crippen molar-refractivity contribution < 1.29 is 9.53 Å². The number of carbonyl (C=O) groups is 1. The molecule has 1 N–H and O–H groups in total. The number of fused-ring (bicyclic) bond motifs is 1. The minimum Gasteiger partial charge on any atom is -0.381 e. The van der Waals surface area contributed by atoms with Crippen molar-refractivity contribution in [3.8, 4) is 0 Å². The standard InChI is InChI=1S/C24H26N2O2S/c1-16-6-7-19-14-22(17(2)25-23(19)12-16)24(27)26-20-5-3-4-18(13-20)15-29-21-8-10-28-11-9-21/h3-7,12-14,21H,8-11,15H2,1-2H3,(H,26,27). The Morgan fingerprint density at radius 3 is 2.79 bits per heavy atom. The first-order valence-electron chi connectivity index (χ1n) is 10.1. The number of anilines is 1. The molecule has 2 aromatic carbocycles. The van der Waals surface area contributed by atoms with Crippen molar-refractivity contribution >= 4 is 34.3 Å². The van der Waals surface area contributed by atoms with Gasteiger partial charge in [-0.15, -0.1) is 0 Å². The molecule has 0 saturated carbocycles. The Morgan fingerprint density at radius 1 is 1.14 bits per heavy atom. The number of pyridine rings is 1. The monoisotopic (exact) mass is 406 g/mol. The van der Waals surface area contributed by atoms with E-state index in [4.69, 9.17) is 4.74 Å². The highest BCUT2D eigenvalue weighted by molar-refractivity contribution is 7.99. The lowest BCUT2D eigenvalue weighted by atomic mass is 10.1. The summed E-state index contributed by atoms with van der Waals surface area (Å²) in [6.07, 6.45) is 2.24. The van der Waals surface area contributed by atoms with Crippen LogP contribution in [0.3, 0.4) is 0 Å². The molecule has 0 radical (unpaired) electrons. The summed E-state index contributed by atoms with van der Waals surface area (Å²) < 4.78 is 5.43. The van der Waals surface area contributed by atoms with Crippen LogP contribution in [-0.4, -0.2) is 29.4 Å². The van der Waals surface area contributed by atoms with Crippen LogP contribution in [0.25, 0.3) is 10.9 Å². The maximum Gasteiger partial charge on any atom is 0.257 e. The van der Waals surface area contributed by atoms with Crippen molar-refractivity contribution in [1.29, 1.82) is 0 Å². The van der Waals surface area contributed by atoms with Crippen LogP contribution in [0.4, 0.5) is 5.69 Å². The molecule has 1 fully saturated rings. The Morgan fingerprint density at radius 2 is 1.97 bits per heavy atom. The third-order valence-electron chi connectivity index (χ3n) is 5.25. The first-order valence-corrected chi connectivity index (χ1v) is 11.1. The molecule has 0 bridgehead atoms. The van der Waals surface area contributed by atoms with Gasteiger partial charge < -0.3 is 10.1 Å². The fourth-order valence-corrected chi connectivity index (χ4v) is 4.73. The number of nitrogens with zero attached hydrogens (tertiary/aromatic N) is 1. The van der Waals surface area contributed by atoms with Gasteiger partial charge in [0, 0.05) is 35.3 Å². The van der Waals surface area contributed by atoms with Gasteiger partial charge in [-0.25, -0.2) is 0 Å². The number of aryl methyl sites for hydroxylation is 2. The molecular weight excluding hydrogens is 380 g/mol. The second-order valence-corrected chi connectivity index (χ2v) is 8.88. The minimum atomic E-state index is -0.119. The highest BCUT2D eigenvalue weighted by atomic mass is 32.2. The summed E-state index contributed by atoms with van der Waals surface area (Å²) in [4.78, 5) is 17.5. The maximum atomic E-state index is 12.9. The van der Waals surface area contributed by atoms with Crippen LogP contribution in [0.2, 0.25) is 0 Å². The number of benzene rings is 2. The second kappa shape index (κ2) is 8.97. The van der Waals surface area contributed by atoms with Crippen LogP contribution >= 0.6 is 11.8 Å². The number of ether oxygens (including phenoxy) is 1. The van der Waals surface area contributed by atoms with E-state index in [0.717, 1.165) is 59.7 Å². The van der Waals surface area contributed by atoms with Gasteiger partial charge in [0.25, 0.3) is 5.91 Å². The zero-order valence-electron chi connectivity index (χ0n) is 16.9. The highest BCUT2D eigenvalue weighted by Gasteiger charge is 2.15. The first-order chi connectivity index (χ1) is 14.1. The zero-order valence-corrected chi connectivity index (χ0v) is 17.7. The van der Waals surface area contributed by atoms with Gasteiger partial charge in [-0.05, 0) is 62.1 Å². The van der Waals surface area contributed by atoms with Gasteiger partial charge in [-0.2, -0.15) is 11.8 Å². The number of hydrogen-bond acceptors (Lipinski definition) is 4. The van der Waals surface area contributed by atoms with E-state index in [1.54, 1.807) is 0 Å². The van der Waals surface area contributed by atoms with Crippen molar-refractivity contribution in [2.45, 2.75) is 37.7 Å². The summed E-state index contributed by atoms with van der Waals surface area (Å²) in [7, 11) is 0. The molecule has 2 heterocycles. The van der Waals surface area contributed by atoms with Crippen LogP contribution < -0.4 is 5.32 Å². The van der Waals surface area contributed by atoms with Gasteiger partial charge >= 0.3 is 0 Å². The molecule has 1 aromatic heterocycles. The quantitative estimate of drug-likeness (QED) is 0.606. The van der Waals surface area contributed by atoms with Crippen molar-refractivity contribution in [1.82, 2.24) is 4.98 Å². The van der Waals surface area contributed by atoms with Crippen LogP contribution in [0.15, 0.2) is 48.5 Å². The van der Waals surface area contributed by atoms with Crippen LogP contribution in [0, 0.1) is 13.8 Å². The Labute approximate surface area is 176 Å². The summed E-state index contributed by atoms with van der Waals surface area (Å²) in [5, 5.41) is 4.69. The second-order valence-electron chi connectivity index (χ2n) is 7.59. The molecule has 4 nitrogen and oxygen atoms in total. The maximum absolute atomic E-state index is 12.9. The van der Waals surface area contributed by atoms with E-state index in [-0.39, 0.29) is 5.91 Å². The predicted molar refractivity (Wildman–Crippen MR) is 121 cm³/mol. The predicted octanol–water partition coefficient (Wildman–Crippen LogP) is 5.52. The molecule has 5 heteroatoms. The van der Waals surface area contributed by atoms with Crippen LogP contribution in [0.5, 0.6) is 0 Å². The molecule has 1 saturated heterocycles. The molecule has 0 atom stereocenters. The lowest BCUT2D eigenvalue weighted by molar-refractivity contribution is 0.1000. The van der Waals surface area contributed by atoms with E-state index >= 15 is 0 Å². The van der Waals surface area contributed by atoms with E-state index < -0.39 is 0 Å². The van der Waals surface area contributed by atoms with E-state index in [1.165, 1.54) is 5.56 Å². The van der Waals surface area contributed by atoms with Crippen LogP contribution in [-0.2, 0) is 10.5 Å². The largest absolute Gasteiger partial charge is 0.381 e. The van der Waals surface area contributed by atoms with Crippen molar-refractivity contribution in [3.63, 3.8) is 0 Å². The van der Waals surface area contributed by atoms with Gasteiger partial charge in [0.1, 0.15) is 0 Å². The van der Waals surface area contributed by atoms with Crippen LogP contribution in [0.1, 0.15) is 40.0 Å². The molecule has 1 aliphatic heterocycles. The number of carbonyl (C=O) groups excluding carboxylic acids is 1. The Hall–Kier alpha value is -2.37. The number of rotatable bonds is 5. The molecule has 3 aromatic rings. The first kappa shape index (κ1) is 19.9. The fourth-order valence-electron chi connectivity index (χ4n) is 3.60. The Bertz CT molecular complexity index is 1030. The Kier molecular flexibility index (Phi) is 6.16. The lowest BCUT2D eigenvalue weighted by Gasteiger charge is -2.21. The average molecular weight is 407 g/mol. The van der Waals surface area contributed by atoms with E-state index in [0.29, 0.717) is 10.8 Å². The minimum absolute atomic E-state index is 0.119. The molecular formula is C24H26N2O2S. The summed E-state index contributed by atoms with van der Waals surface area (Å²) in [6.45, 7) is 5.67. The summed E-state index contributed by atoms with van der Waals surface area (Å²) in [5.74, 6) is 0.830. The molecule has 0 unspecified atom stereocenters. The van der Waals surface area contributed by atoms with Crippen molar-refractivity contribution in [2.24, 2.45) is 0 Å². The van der Waals surface area contributed by atoms with Crippen molar-refractivity contribution in [3.05, 3.63) is 70.9 Å². The summed E-state index contributed by atoms with van der Waals surface area (Å²) >= 11 is 1.98. The van der Waals surface area contributed by atoms with Gasteiger partial charge in [0.15, 0.2) is 0 Å². The summed E-state index contributed by atoms with van der Waals surface area (Å²) in [6, 6.07) is 16.2. The molecule has 1 aliphatic rings. The molecule has 0 spiro atoms. The number of aromatic nitrogens is 1. The van der Waals surface area contributed by atoms with Gasteiger partial charge in [-0.1, -0.05) is 24.3 Å². The van der Waals surface area contributed by atoms with Gasteiger partial charge in [0.05, 0.1) is 16.8 Å². The number of amides is 1. The normalized spacial score (nSPS) is 14.8. The average Bonchev–Trinajstić information content (AvgIpc) is 2.72. The van der Waals surface area contributed by atoms with E-state index in [1.807, 2.05) is 62.0 Å². The third kappa shape index (κ3) is 4.98. The van der Waals surface area contributed by atoms with Gasteiger partial charge in [0.2, 0.25) is 0 Å². The van der Waals surface area contributed by atoms with Gasteiger partial charge in [-0.3, -0.25) is 9.78 Å². The molecule has 1 amide bonds. The summed E-state index contributed by atoms with van der Waals surface area (Å²) in [5.41, 5.74) is 5.49. The Balaban J connectivity index is 1.46. The topological polar surface area (TPSA) is 51.2 Å². The fraction of sp³-hybridized carbons (Fsp3) is 0.333.